The maximum Gasteiger partial charge on any atom is 0.309 e. The lowest BCUT2D eigenvalue weighted by Gasteiger charge is -2.28. The van der Waals surface area contributed by atoms with E-state index >= 15 is 0 Å². The van der Waals surface area contributed by atoms with Gasteiger partial charge in [-0.3, -0.25) is 18.7 Å². The second kappa shape index (κ2) is 12.1. The number of aliphatic carboxylic acids is 1. The van der Waals surface area contributed by atoms with Gasteiger partial charge in [0.05, 0.1) is 17.0 Å². The smallest absolute Gasteiger partial charge is 0.309 e. The van der Waals surface area contributed by atoms with Gasteiger partial charge in [-0.2, -0.15) is 0 Å². The largest absolute Gasteiger partial charge is 0.505 e. The van der Waals surface area contributed by atoms with Crippen molar-refractivity contribution in [1.29, 1.82) is 0 Å². The Kier molecular flexibility index (Phi) is 8.57. The van der Waals surface area contributed by atoms with Gasteiger partial charge in [-0.1, -0.05) is 48.0 Å². The molecule has 1 aliphatic rings. The van der Waals surface area contributed by atoms with Crippen molar-refractivity contribution in [2.24, 2.45) is 7.05 Å². The van der Waals surface area contributed by atoms with Crippen LogP contribution in [-0.4, -0.2) is 57.2 Å². The number of carbonyl (C=O) groups is 3. The first-order valence-corrected chi connectivity index (χ1v) is 14.1. The third kappa shape index (κ3) is 6.08. The van der Waals surface area contributed by atoms with E-state index in [4.69, 9.17) is 5.11 Å². The number of anilines is 1. The molecular formula is C30H28N4O7S. The average Bonchev–Trinajstić information content (AvgIpc) is 3.32. The maximum atomic E-state index is 12.5. The lowest BCUT2D eigenvalue weighted by Crippen LogP contribution is -2.37. The number of ketones is 1. The number of rotatable bonds is 6. The minimum atomic E-state index is -3.91. The Morgan fingerprint density at radius 2 is 1.57 bits per heavy atom. The third-order valence-corrected chi connectivity index (χ3v) is 8.36. The zero-order chi connectivity index (χ0) is 30.6. The van der Waals surface area contributed by atoms with E-state index < -0.39 is 27.7 Å². The van der Waals surface area contributed by atoms with Crippen LogP contribution in [0.4, 0.5) is 5.82 Å². The number of aliphatic hydroxyl groups excluding tert-OH is 1. The van der Waals surface area contributed by atoms with Crippen LogP contribution in [0.5, 0.6) is 0 Å². The topological polar surface area (TPSA) is 159 Å². The molecule has 11 nitrogen and oxygen atoms in total. The van der Waals surface area contributed by atoms with Crippen molar-refractivity contribution in [3.63, 3.8) is 0 Å². The number of aliphatic hydroxyl groups is 1. The molecular weight excluding hydrogens is 560 g/mol. The molecule has 3 N–H and O–H groups in total. The van der Waals surface area contributed by atoms with Crippen molar-refractivity contribution in [3.05, 3.63) is 119 Å². The summed E-state index contributed by atoms with van der Waals surface area (Å²) in [7, 11) is -0.981. The molecule has 0 spiro atoms. The lowest BCUT2D eigenvalue weighted by atomic mass is 10.1. The zero-order valence-corrected chi connectivity index (χ0v) is 23.8. The number of benzene rings is 2. The molecule has 1 amide bonds. The molecule has 0 atom stereocenters. The number of carbonyl (C=O) groups excluding carboxylic acids is 2. The highest BCUT2D eigenvalue weighted by atomic mass is 32.2. The summed E-state index contributed by atoms with van der Waals surface area (Å²) < 4.78 is 27.4. The third-order valence-electron chi connectivity index (χ3n) is 6.55. The molecule has 0 saturated heterocycles. The fraction of sp³-hybridized carbons (Fsp3) is 0.133. The monoisotopic (exact) mass is 588 g/mol. The number of nitrogens with zero attached hydrogens (tertiary/aromatic N) is 3. The van der Waals surface area contributed by atoms with Crippen LogP contribution in [0.1, 0.15) is 32.9 Å². The number of pyridine rings is 1. The van der Waals surface area contributed by atoms with Crippen LogP contribution in [-0.2, 0) is 33.1 Å². The Morgan fingerprint density at radius 3 is 2.21 bits per heavy atom. The first-order valence-electron chi connectivity index (χ1n) is 12.6. The molecule has 12 heteroatoms. The number of hydrogen-bond donors (Lipinski definition) is 3. The highest BCUT2D eigenvalue weighted by Crippen LogP contribution is 2.34. The first-order chi connectivity index (χ1) is 19.9. The molecule has 5 rings (SSSR count). The summed E-state index contributed by atoms with van der Waals surface area (Å²) in [5.74, 6) is -1.91. The number of nitrogens with one attached hydrogen (secondary N) is 1. The highest BCUT2D eigenvalue weighted by molar-refractivity contribution is 7.89. The van der Waals surface area contributed by atoms with Gasteiger partial charge in [0.25, 0.3) is 15.9 Å². The van der Waals surface area contributed by atoms with Crippen LogP contribution >= 0.6 is 0 Å². The Hall–Kier alpha value is -5.23. The van der Waals surface area contributed by atoms with E-state index in [1.807, 2.05) is 19.1 Å². The van der Waals surface area contributed by atoms with Crippen molar-refractivity contribution in [1.82, 2.24) is 13.9 Å². The SMILES string of the molecule is CN1C(C(=O)Nc2ccccn2)=C(O)c2ccccc2S1(=O)=O.Cc1ccc(C(=O)c2ccc(CC(=O)O)n2C)cc1. The Bertz CT molecular complexity index is 1790. The van der Waals surface area contributed by atoms with Crippen LogP contribution in [0, 0.1) is 6.92 Å². The highest BCUT2D eigenvalue weighted by Gasteiger charge is 2.37. The zero-order valence-electron chi connectivity index (χ0n) is 23.0. The van der Waals surface area contributed by atoms with Crippen LogP contribution in [0.15, 0.2) is 95.7 Å². The van der Waals surface area contributed by atoms with Crippen LogP contribution in [0.3, 0.4) is 0 Å². The predicted molar refractivity (Wildman–Crippen MR) is 155 cm³/mol. The Morgan fingerprint density at radius 1 is 0.905 bits per heavy atom. The van der Waals surface area contributed by atoms with Crippen molar-refractivity contribution in [2.45, 2.75) is 18.2 Å². The van der Waals surface area contributed by atoms with E-state index in [2.05, 4.69) is 10.3 Å². The Labute approximate surface area is 242 Å². The molecule has 3 heterocycles. The minimum absolute atomic E-state index is 0.0469. The van der Waals surface area contributed by atoms with Gasteiger partial charge in [0.2, 0.25) is 5.78 Å². The van der Waals surface area contributed by atoms with Gasteiger partial charge in [-0.25, -0.2) is 13.4 Å². The normalized spacial score (nSPS) is 13.5. The van der Waals surface area contributed by atoms with E-state index in [0.717, 1.165) is 9.87 Å². The fourth-order valence-electron chi connectivity index (χ4n) is 4.26. The van der Waals surface area contributed by atoms with Gasteiger partial charge in [-0.15, -0.1) is 0 Å². The molecule has 4 aromatic rings. The number of hydrogen-bond acceptors (Lipinski definition) is 7. The maximum absolute atomic E-state index is 12.5. The van der Waals surface area contributed by atoms with Crippen LogP contribution < -0.4 is 5.32 Å². The molecule has 0 fully saturated rings. The molecule has 42 heavy (non-hydrogen) atoms. The molecule has 0 unspecified atom stereocenters. The van der Waals surface area contributed by atoms with Crippen molar-refractivity contribution < 1.29 is 33.0 Å². The van der Waals surface area contributed by atoms with Gasteiger partial charge in [0.1, 0.15) is 5.82 Å². The van der Waals surface area contributed by atoms with E-state index in [0.29, 0.717) is 17.0 Å². The van der Waals surface area contributed by atoms with Crippen LogP contribution in [0.25, 0.3) is 5.76 Å². The van der Waals surface area contributed by atoms with Crippen LogP contribution in [0.2, 0.25) is 0 Å². The molecule has 2 aromatic heterocycles. The summed E-state index contributed by atoms with van der Waals surface area (Å²) in [6, 6.07) is 21.5. The summed E-state index contributed by atoms with van der Waals surface area (Å²) in [4.78, 5) is 39.3. The summed E-state index contributed by atoms with van der Waals surface area (Å²) in [5.41, 5.74) is 2.55. The number of carboxylic acid groups (broad SMARTS) is 1. The predicted octanol–water partition coefficient (Wildman–Crippen LogP) is 3.77. The number of likely N-dealkylation sites (N-methyl/N-ethyl adjacent to an activating group) is 1. The summed E-state index contributed by atoms with van der Waals surface area (Å²) in [5, 5.41) is 21.6. The van der Waals surface area contributed by atoms with E-state index in [1.165, 1.54) is 25.4 Å². The second-order valence-electron chi connectivity index (χ2n) is 9.37. The van der Waals surface area contributed by atoms with Gasteiger partial charge in [0.15, 0.2) is 11.5 Å². The van der Waals surface area contributed by atoms with Gasteiger partial charge in [0, 0.05) is 37.1 Å². The molecule has 1 aliphatic heterocycles. The van der Waals surface area contributed by atoms with Crippen molar-refractivity contribution in [3.8, 4) is 0 Å². The quantitative estimate of drug-likeness (QED) is 0.287. The minimum Gasteiger partial charge on any atom is -0.505 e. The number of sulfonamides is 1. The standard InChI is InChI=1S/C15H13N3O4S.C15H15NO3/c1-18-13(15(20)17-12-8-4-5-9-16-12)14(19)10-6-2-3-7-11(10)23(18,21)22;1-10-3-5-11(6-4-10)15(19)13-8-7-12(16(13)2)9-14(17)18/h2-9,19H,1H3,(H,16,17,20);3-8H,9H2,1-2H3,(H,17,18). The Balaban J connectivity index is 0.000000197. The van der Waals surface area contributed by atoms with Crippen molar-refractivity contribution in [2.75, 3.05) is 12.4 Å². The molecule has 0 bridgehead atoms. The summed E-state index contributed by atoms with van der Waals surface area (Å²) >= 11 is 0. The average molecular weight is 589 g/mol. The molecule has 0 radical (unpaired) electrons. The summed E-state index contributed by atoms with van der Waals surface area (Å²) in [6.07, 6.45) is 1.40. The first kappa shape index (κ1) is 29.7. The number of fused-ring (bicyclic) bond motifs is 1. The number of carboxylic acids is 1. The van der Waals surface area contributed by atoms with Gasteiger partial charge < -0.3 is 20.1 Å². The van der Waals surface area contributed by atoms with E-state index in [9.17, 15) is 27.9 Å². The van der Waals surface area contributed by atoms with Crippen molar-refractivity contribution >= 4 is 39.3 Å². The number of aromatic nitrogens is 2. The molecule has 0 aliphatic carbocycles. The molecule has 0 saturated carbocycles. The van der Waals surface area contributed by atoms with E-state index in [1.54, 1.807) is 66.2 Å². The fourth-order valence-corrected chi connectivity index (χ4v) is 5.66. The number of amides is 1. The van der Waals surface area contributed by atoms with Gasteiger partial charge >= 0.3 is 5.97 Å². The molecule has 2 aromatic carbocycles. The second-order valence-corrected chi connectivity index (χ2v) is 11.3. The van der Waals surface area contributed by atoms with E-state index in [-0.39, 0.29) is 34.2 Å². The van der Waals surface area contributed by atoms with Gasteiger partial charge in [-0.05, 0) is 43.3 Å². The lowest BCUT2D eigenvalue weighted by molar-refractivity contribution is -0.136. The molecule has 216 valence electrons. The summed E-state index contributed by atoms with van der Waals surface area (Å²) in [6.45, 7) is 1.96. The number of aryl methyl sites for hydroxylation is 1.